The first-order valence-corrected chi connectivity index (χ1v) is 8.11. The molecule has 0 aromatic heterocycles. The normalized spacial score (nSPS) is 10.6. The maximum atomic E-state index is 12.4. The van der Waals surface area contributed by atoms with Crippen molar-refractivity contribution in [3.8, 4) is 11.5 Å². The van der Waals surface area contributed by atoms with Gasteiger partial charge in [0, 0.05) is 17.1 Å². The number of ether oxygens (including phenoxy) is 2. The highest BCUT2D eigenvalue weighted by molar-refractivity contribution is 6.30. The van der Waals surface area contributed by atoms with Gasteiger partial charge in [-0.2, -0.15) is 8.78 Å². The van der Waals surface area contributed by atoms with Crippen LogP contribution < -0.4 is 14.8 Å². The summed E-state index contributed by atoms with van der Waals surface area (Å²) in [5.74, 6) is -0.318. The second-order valence-electron chi connectivity index (χ2n) is 5.11. The molecule has 0 fully saturated rings. The van der Waals surface area contributed by atoms with Gasteiger partial charge in [-0.25, -0.2) is 0 Å². The minimum absolute atomic E-state index is 0.102. The molecule has 1 N–H and O–H groups in total. The van der Waals surface area contributed by atoms with Crippen LogP contribution in [0.3, 0.4) is 0 Å². The third kappa shape index (κ3) is 5.90. The summed E-state index contributed by atoms with van der Waals surface area (Å²) in [7, 11) is 0. The molecule has 0 atom stereocenters. The SMILES string of the molecule is CCOc1cc(C(=O)NCCc2ccc(Cl)cc2)ccc1OC(F)F. The molecule has 0 bridgehead atoms. The molecule has 2 aromatic rings. The Balaban J connectivity index is 1.98. The topological polar surface area (TPSA) is 47.6 Å². The van der Waals surface area contributed by atoms with E-state index in [-0.39, 0.29) is 24.0 Å². The molecule has 4 nitrogen and oxygen atoms in total. The molecule has 0 aliphatic heterocycles. The molecule has 0 radical (unpaired) electrons. The zero-order valence-electron chi connectivity index (χ0n) is 13.6. The number of carbonyl (C=O) groups is 1. The molecule has 0 saturated carbocycles. The van der Waals surface area contributed by atoms with Gasteiger partial charge in [0.25, 0.3) is 5.91 Å². The molecule has 2 rings (SSSR count). The molecule has 134 valence electrons. The quantitative estimate of drug-likeness (QED) is 0.754. The van der Waals surface area contributed by atoms with Crippen molar-refractivity contribution in [1.29, 1.82) is 0 Å². The molecule has 7 heteroatoms. The van der Waals surface area contributed by atoms with Crippen molar-refractivity contribution in [2.75, 3.05) is 13.2 Å². The lowest BCUT2D eigenvalue weighted by Gasteiger charge is -2.13. The van der Waals surface area contributed by atoms with Gasteiger partial charge in [-0.05, 0) is 49.2 Å². The summed E-state index contributed by atoms with van der Waals surface area (Å²) in [5.41, 5.74) is 1.35. The van der Waals surface area contributed by atoms with E-state index in [1.807, 2.05) is 12.1 Å². The van der Waals surface area contributed by atoms with Crippen molar-refractivity contribution in [3.05, 3.63) is 58.6 Å². The highest BCUT2D eigenvalue weighted by Gasteiger charge is 2.14. The lowest BCUT2D eigenvalue weighted by Crippen LogP contribution is -2.25. The molecule has 0 heterocycles. The molecule has 25 heavy (non-hydrogen) atoms. The first kappa shape index (κ1) is 19.0. The summed E-state index contributed by atoms with van der Waals surface area (Å²) in [5, 5.41) is 3.43. The molecule has 0 aliphatic rings. The summed E-state index contributed by atoms with van der Waals surface area (Å²) < 4.78 is 34.4. The zero-order chi connectivity index (χ0) is 18.2. The molecular weight excluding hydrogens is 352 g/mol. The summed E-state index contributed by atoms with van der Waals surface area (Å²) in [6.45, 7) is -0.551. The molecule has 0 spiro atoms. The Morgan fingerprint density at radius 1 is 1.16 bits per heavy atom. The van der Waals surface area contributed by atoms with Crippen molar-refractivity contribution in [2.45, 2.75) is 20.0 Å². The number of alkyl halides is 2. The Bertz CT molecular complexity index is 708. The fraction of sp³-hybridized carbons (Fsp3) is 0.278. The van der Waals surface area contributed by atoms with Gasteiger partial charge in [-0.15, -0.1) is 0 Å². The highest BCUT2D eigenvalue weighted by atomic mass is 35.5. The summed E-state index contributed by atoms with van der Waals surface area (Å²) in [6.07, 6.45) is 0.647. The maximum absolute atomic E-state index is 12.4. The van der Waals surface area contributed by atoms with Gasteiger partial charge in [0.15, 0.2) is 11.5 Å². The number of rotatable bonds is 8. The van der Waals surface area contributed by atoms with Crippen molar-refractivity contribution in [1.82, 2.24) is 5.32 Å². The predicted molar refractivity (Wildman–Crippen MR) is 91.7 cm³/mol. The number of hydrogen-bond donors (Lipinski definition) is 1. The van der Waals surface area contributed by atoms with Crippen LogP contribution in [0.2, 0.25) is 5.02 Å². The van der Waals surface area contributed by atoms with Gasteiger partial charge in [0.05, 0.1) is 6.61 Å². The van der Waals surface area contributed by atoms with Crippen molar-refractivity contribution >= 4 is 17.5 Å². The Labute approximate surface area is 149 Å². The van der Waals surface area contributed by atoms with Gasteiger partial charge >= 0.3 is 6.61 Å². The minimum Gasteiger partial charge on any atom is -0.490 e. The lowest BCUT2D eigenvalue weighted by atomic mass is 10.1. The van der Waals surface area contributed by atoms with Gasteiger partial charge in [0.2, 0.25) is 0 Å². The Kier molecular flexibility index (Phi) is 7.01. The molecule has 0 saturated heterocycles. The summed E-state index contributed by atoms with van der Waals surface area (Å²) in [4.78, 5) is 12.2. The van der Waals surface area contributed by atoms with E-state index in [9.17, 15) is 13.6 Å². The van der Waals surface area contributed by atoms with E-state index in [2.05, 4.69) is 10.1 Å². The number of benzene rings is 2. The van der Waals surface area contributed by atoms with E-state index in [1.54, 1.807) is 19.1 Å². The Morgan fingerprint density at radius 2 is 1.88 bits per heavy atom. The third-order valence-electron chi connectivity index (χ3n) is 3.33. The fourth-order valence-corrected chi connectivity index (χ4v) is 2.31. The monoisotopic (exact) mass is 369 g/mol. The van der Waals surface area contributed by atoms with Crippen LogP contribution in [0.1, 0.15) is 22.8 Å². The van der Waals surface area contributed by atoms with Crippen LogP contribution in [0.5, 0.6) is 11.5 Å². The van der Waals surface area contributed by atoms with E-state index >= 15 is 0 Å². The maximum Gasteiger partial charge on any atom is 0.387 e. The van der Waals surface area contributed by atoms with E-state index in [0.29, 0.717) is 23.6 Å². The molecule has 1 amide bonds. The second-order valence-corrected chi connectivity index (χ2v) is 5.54. The van der Waals surface area contributed by atoms with Crippen LogP contribution >= 0.6 is 11.6 Å². The third-order valence-corrected chi connectivity index (χ3v) is 3.59. The van der Waals surface area contributed by atoms with Crippen molar-refractivity contribution in [3.63, 3.8) is 0 Å². The first-order valence-electron chi connectivity index (χ1n) is 7.74. The average Bonchev–Trinajstić information content (AvgIpc) is 2.58. The van der Waals surface area contributed by atoms with Crippen LogP contribution in [-0.4, -0.2) is 25.7 Å². The van der Waals surface area contributed by atoms with Crippen LogP contribution in [0.25, 0.3) is 0 Å². The van der Waals surface area contributed by atoms with E-state index in [4.69, 9.17) is 16.3 Å². The van der Waals surface area contributed by atoms with E-state index < -0.39 is 6.61 Å². The van der Waals surface area contributed by atoms with Crippen molar-refractivity contribution < 1.29 is 23.0 Å². The van der Waals surface area contributed by atoms with Crippen LogP contribution in [0, 0.1) is 0 Å². The number of nitrogens with one attached hydrogen (secondary N) is 1. The summed E-state index contributed by atoms with van der Waals surface area (Å²) >= 11 is 5.82. The Hall–Kier alpha value is -2.34. The molecular formula is C18H18ClF2NO3. The zero-order valence-corrected chi connectivity index (χ0v) is 14.4. The van der Waals surface area contributed by atoms with Crippen LogP contribution in [-0.2, 0) is 6.42 Å². The van der Waals surface area contributed by atoms with Gasteiger partial charge < -0.3 is 14.8 Å². The molecule has 0 unspecified atom stereocenters. The largest absolute Gasteiger partial charge is 0.490 e. The van der Waals surface area contributed by atoms with Crippen molar-refractivity contribution in [2.24, 2.45) is 0 Å². The number of halogens is 3. The van der Waals surface area contributed by atoms with Gasteiger partial charge in [0.1, 0.15) is 0 Å². The molecule has 0 aliphatic carbocycles. The summed E-state index contributed by atoms with van der Waals surface area (Å²) in [6, 6.07) is 11.4. The van der Waals surface area contributed by atoms with Crippen LogP contribution in [0.15, 0.2) is 42.5 Å². The standard InChI is InChI=1S/C18H18ClF2NO3/c1-2-24-16-11-13(5-8-15(16)25-18(20)21)17(23)22-10-9-12-3-6-14(19)7-4-12/h3-8,11,18H,2,9-10H2,1H3,(H,22,23). The highest BCUT2D eigenvalue weighted by Crippen LogP contribution is 2.29. The van der Waals surface area contributed by atoms with Gasteiger partial charge in [-0.3, -0.25) is 4.79 Å². The molecule has 2 aromatic carbocycles. The number of amides is 1. The predicted octanol–water partition coefficient (Wildman–Crippen LogP) is 4.31. The minimum atomic E-state index is -2.96. The smallest absolute Gasteiger partial charge is 0.387 e. The number of carbonyl (C=O) groups excluding carboxylic acids is 1. The van der Waals surface area contributed by atoms with E-state index in [1.165, 1.54) is 18.2 Å². The van der Waals surface area contributed by atoms with Crippen LogP contribution in [0.4, 0.5) is 8.78 Å². The Morgan fingerprint density at radius 3 is 2.52 bits per heavy atom. The first-order chi connectivity index (χ1) is 12.0. The number of hydrogen-bond acceptors (Lipinski definition) is 3. The van der Waals surface area contributed by atoms with Gasteiger partial charge in [-0.1, -0.05) is 23.7 Å². The second kappa shape index (κ2) is 9.22. The van der Waals surface area contributed by atoms with E-state index in [0.717, 1.165) is 5.56 Å². The fourth-order valence-electron chi connectivity index (χ4n) is 2.18. The lowest BCUT2D eigenvalue weighted by molar-refractivity contribution is -0.0514. The average molecular weight is 370 g/mol.